The van der Waals surface area contributed by atoms with Crippen LogP contribution in [0.5, 0.6) is 0 Å². The van der Waals surface area contributed by atoms with Crippen molar-refractivity contribution in [1.29, 1.82) is 5.26 Å². The van der Waals surface area contributed by atoms with Crippen LogP contribution in [0.3, 0.4) is 0 Å². The second-order valence-corrected chi connectivity index (χ2v) is 10.6. The Kier molecular flexibility index (Phi) is 7.38. The minimum atomic E-state index is -0.261. The summed E-state index contributed by atoms with van der Waals surface area (Å²) in [6.45, 7) is 3.54. The Labute approximate surface area is 224 Å². The third-order valence-corrected chi connectivity index (χ3v) is 7.86. The number of nitrogens with zero attached hydrogens (tertiary/aromatic N) is 5. The molecule has 1 aliphatic heterocycles. The van der Waals surface area contributed by atoms with E-state index in [2.05, 4.69) is 28.6 Å². The van der Waals surface area contributed by atoms with Gasteiger partial charge in [0.2, 0.25) is 17.8 Å². The van der Waals surface area contributed by atoms with Crippen LogP contribution in [0.15, 0.2) is 18.3 Å². The number of nitriles is 1. The molecular formula is C25H28Cl2N8O2. The van der Waals surface area contributed by atoms with Crippen molar-refractivity contribution in [3.05, 3.63) is 33.9 Å². The molecule has 1 saturated heterocycles. The smallest absolute Gasteiger partial charge is 0.224 e. The first-order chi connectivity index (χ1) is 17.8. The number of benzene rings is 1. The normalized spacial score (nSPS) is 23.9. The Morgan fingerprint density at radius 1 is 1.19 bits per heavy atom. The molecule has 2 aromatic heterocycles. The Morgan fingerprint density at radius 3 is 2.57 bits per heavy atom. The SMILES string of the molecule is C[C@H]1COCC[C@H]1Nc1ncc2nc(Nc3c(Cl)cc(C#N)cc3Cl)n([C@H]3CC[C@H](C(N)=O)CC3)c2n1. The highest BCUT2D eigenvalue weighted by Crippen LogP contribution is 2.39. The highest BCUT2D eigenvalue weighted by atomic mass is 35.5. The lowest BCUT2D eigenvalue weighted by Gasteiger charge is -2.30. The van der Waals surface area contributed by atoms with Crippen molar-refractivity contribution in [3.8, 4) is 6.07 Å². The van der Waals surface area contributed by atoms with E-state index in [-0.39, 0.29) is 23.9 Å². The third-order valence-electron chi connectivity index (χ3n) is 7.26. The van der Waals surface area contributed by atoms with E-state index in [0.717, 1.165) is 19.3 Å². The topological polar surface area (TPSA) is 144 Å². The lowest BCUT2D eigenvalue weighted by Crippen LogP contribution is -2.36. The molecule has 2 aliphatic rings. The van der Waals surface area contributed by atoms with Crippen molar-refractivity contribution >= 4 is 57.9 Å². The third kappa shape index (κ3) is 5.30. The zero-order chi connectivity index (χ0) is 26.1. The average Bonchev–Trinajstić information content (AvgIpc) is 3.24. The van der Waals surface area contributed by atoms with Gasteiger partial charge in [0.1, 0.15) is 5.52 Å². The van der Waals surface area contributed by atoms with Gasteiger partial charge >= 0.3 is 0 Å². The number of imidazole rings is 1. The zero-order valence-electron chi connectivity index (χ0n) is 20.4. The molecule has 5 rings (SSSR count). The van der Waals surface area contributed by atoms with Gasteiger partial charge in [0.15, 0.2) is 5.65 Å². The van der Waals surface area contributed by atoms with Crippen molar-refractivity contribution in [2.75, 3.05) is 23.8 Å². The molecule has 0 radical (unpaired) electrons. The predicted octanol–water partition coefficient (Wildman–Crippen LogP) is 4.80. The summed E-state index contributed by atoms with van der Waals surface area (Å²) in [6, 6.07) is 5.40. The number of primary amides is 1. The maximum Gasteiger partial charge on any atom is 0.224 e. The molecule has 4 N–H and O–H groups in total. The van der Waals surface area contributed by atoms with Gasteiger partial charge in [-0.25, -0.2) is 9.97 Å². The number of aromatic nitrogens is 4. The van der Waals surface area contributed by atoms with E-state index in [9.17, 15) is 10.1 Å². The van der Waals surface area contributed by atoms with Gasteiger partial charge in [-0.2, -0.15) is 10.2 Å². The molecule has 10 nitrogen and oxygen atoms in total. The number of anilines is 3. The molecular weight excluding hydrogens is 515 g/mol. The lowest BCUT2D eigenvalue weighted by molar-refractivity contribution is -0.122. The number of carbonyl (C=O) groups is 1. The van der Waals surface area contributed by atoms with E-state index < -0.39 is 0 Å². The van der Waals surface area contributed by atoms with Crippen molar-refractivity contribution in [2.45, 2.75) is 51.1 Å². The Bertz CT molecular complexity index is 1340. The fourth-order valence-corrected chi connectivity index (χ4v) is 5.72. The summed E-state index contributed by atoms with van der Waals surface area (Å²) >= 11 is 12.9. The molecule has 194 valence electrons. The maximum absolute atomic E-state index is 11.8. The van der Waals surface area contributed by atoms with Crippen molar-refractivity contribution in [2.24, 2.45) is 17.6 Å². The van der Waals surface area contributed by atoms with Gasteiger partial charge in [0.05, 0.1) is 40.2 Å². The minimum Gasteiger partial charge on any atom is -0.381 e. The number of rotatable bonds is 6. The second kappa shape index (κ2) is 10.7. The number of halogens is 2. The van der Waals surface area contributed by atoms with Gasteiger partial charge in [-0.05, 0) is 50.2 Å². The number of carbonyl (C=O) groups excluding carboxylic acids is 1. The first-order valence-electron chi connectivity index (χ1n) is 12.4. The van der Waals surface area contributed by atoms with Crippen molar-refractivity contribution in [3.63, 3.8) is 0 Å². The van der Waals surface area contributed by atoms with Gasteiger partial charge in [-0.15, -0.1) is 0 Å². The number of ether oxygens (including phenoxy) is 1. The van der Waals surface area contributed by atoms with Gasteiger partial charge in [0.25, 0.3) is 0 Å². The van der Waals surface area contributed by atoms with Crippen LogP contribution < -0.4 is 16.4 Å². The molecule has 2 atom stereocenters. The standard InChI is InChI=1S/C25H28Cl2N8O2/c1-13-12-37-7-6-19(13)31-24-30-11-20-23(34-24)35(16-4-2-15(3-5-16)22(29)36)25(32-20)33-21-17(26)8-14(10-28)9-18(21)27/h8-9,11,13,15-16,19H,2-7,12H2,1H3,(H2,29,36)(H,32,33)(H,30,31,34)/t13-,15-,16-,19+/m0/s1. The van der Waals surface area contributed by atoms with E-state index in [0.29, 0.717) is 76.3 Å². The molecule has 37 heavy (non-hydrogen) atoms. The Balaban J connectivity index is 1.53. The molecule has 3 heterocycles. The molecule has 2 fully saturated rings. The number of nitrogens with two attached hydrogens (primary N) is 1. The van der Waals surface area contributed by atoms with Crippen LogP contribution in [0, 0.1) is 23.2 Å². The maximum atomic E-state index is 11.8. The molecule has 1 amide bonds. The number of amides is 1. The van der Waals surface area contributed by atoms with Gasteiger partial charge in [0, 0.05) is 24.6 Å². The number of nitrogens with one attached hydrogen (secondary N) is 2. The molecule has 0 bridgehead atoms. The van der Waals surface area contributed by atoms with Crippen molar-refractivity contribution in [1.82, 2.24) is 19.5 Å². The van der Waals surface area contributed by atoms with E-state index >= 15 is 0 Å². The zero-order valence-corrected chi connectivity index (χ0v) is 21.9. The van der Waals surface area contributed by atoms with Crippen LogP contribution in [-0.4, -0.2) is 44.7 Å². The molecule has 1 saturated carbocycles. The van der Waals surface area contributed by atoms with E-state index in [1.807, 2.05) is 4.57 Å². The number of hydrogen-bond donors (Lipinski definition) is 3. The highest BCUT2D eigenvalue weighted by molar-refractivity contribution is 6.39. The molecule has 1 aromatic carbocycles. The minimum absolute atomic E-state index is 0.0313. The summed E-state index contributed by atoms with van der Waals surface area (Å²) in [4.78, 5) is 25.9. The van der Waals surface area contributed by atoms with Crippen LogP contribution in [0.1, 0.15) is 50.6 Å². The lowest BCUT2D eigenvalue weighted by atomic mass is 9.85. The van der Waals surface area contributed by atoms with Gasteiger partial charge in [-0.3, -0.25) is 9.36 Å². The Hall–Kier alpha value is -3.13. The largest absolute Gasteiger partial charge is 0.381 e. The number of fused-ring (bicyclic) bond motifs is 1. The quantitative estimate of drug-likeness (QED) is 0.402. The summed E-state index contributed by atoms with van der Waals surface area (Å²) < 4.78 is 7.60. The highest BCUT2D eigenvalue weighted by Gasteiger charge is 2.30. The molecule has 12 heteroatoms. The van der Waals surface area contributed by atoms with Crippen LogP contribution in [0.4, 0.5) is 17.6 Å². The molecule has 3 aromatic rings. The summed E-state index contributed by atoms with van der Waals surface area (Å²) in [5.41, 5.74) is 7.67. The van der Waals surface area contributed by atoms with Gasteiger partial charge in [-0.1, -0.05) is 30.1 Å². The molecule has 0 unspecified atom stereocenters. The summed E-state index contributed by atoms with van der Waals surface area (Å²) in [7, 11) is 0. The van der Waals surface area contributed by atoms with Crippen molar-refractivity contribution < 1.29 is 9.53 Å². The first-order valence-corrected chi connectivity index (χ1v) is 13.1. The Morgan fingerprint density at radius 2 is 1.92 bits per heavy atom. The van der Waals surface area contributed by atoms with Crippen LogP contribution in [-0.2, 0) is 9.53 Å². The summed E-state index contributed by atoms with van der Waals surface area (Å²) in [5.74, 6) is 0.977. The van der Waals surface area contributed by atoms with E-state index in [1.165, 1.54) is 0 Å². The van der Waals surface area contributed by atoms with Gasteiger partial charge < -0.3 is 21.1 Å². The summed E-state index contributed by atoms with van der Waals surface area (Å²) in [6.07, 6.45) is 5.44. The average molecular weight is 543 g/mol. The fourth-order valence-electron chi connectivity index (χ4n) is 5.14. The molecule has 0 spiro atoms. The van der Waals surface area contributed by atoms with E-state index in [4.69, 9.17) is 43.6 Å². The fraction of sp³-hybridized carbons (Fsp3) is 0.480. The van der Waals surface area contributed by atoms with Crippen LogP contribution >= 0.6 is 23.2 Å². The summed E-state index contributed by atoms with van der Waals surface area (Å²) in [5, 5.41) is 16.6. The van der Waals surface area contributed by atoms with Crippen LogP contribution in [0.2, 0.25) is 10.0 Å². The molecule has 1 aliphatic carbocycles. The number of hydrogen-bond acceptors (Lipinski definition) is 8. The first kappa shape index (κ1) is 25.5. The monoisotopic (exact) mass is 542 g/mol. The second-order valence-electron chi connectivity index (χ2n) is 9.76. The predicted molar refractivity (Wildman–Crippen MR) is 142 cm³/mol. The van der Waals surface area contributed by atoms with E-state index in [1.54, 1.807) is 18.3 Å². The van der Waals surface area contributed by atoms with Crippen LogP contribution in [0.25, 0.3) is 11.2 Å².